The molecule has 3 aromatic rings. The molecule has 7 nitrogen and oxygen atoms in total. The highest BCUT2D eigenvalue weighted by atomic mass is 16.5. The Morgan fingerprint density at radius 3 is 2.34 bits per heavy atom. The van der Waals surface area contributed by atoms with E-state index in [0.29, 0.717) is 35.4 Å². The van der Waals surface area contributed by atoms with Gasteiger partial charge in [-0.1, -0.05) is 29.8 Å². The van der Waals surface area contributed by atoms with Crippen LogP contribution in [0.15, 0.2) is 48.5 Å². The fraction of sp³-hybridized carbons (Fsp3) is 0.227. The Balaban J connectivity index is 1.73. The number of aromatic nitrogens is 2. The van der Waals surface area contributed by atoms with Gasteiger partial charge in [0, 0.05) is 24.0 Å². The summed E-state index contributed by atoms with van der Waals surface area (Å²) in [6.45, 7) is 4.44. The number of rotatable bonds is 7. The number of ether oxygens (including phenoxy) is 2. The molecule has 2 N–H and O–H groups in total. The third-order valence-electron chi connectivity index (χ3n) is 4.30. The van der Waals surface area contributed by atoms with Gasteiger partial charge in [-0.3, -0.25) is 4.79 Å². The maximum absolute atomic E-state index is 12.7. The first kappa shape index (κ1) is 20.1. The number of amides is 1. The molecule has 150 valence electrons. The van der Waals surface area contributed by atoms with Gasteiger partial charge in [0.05, 0.1) is 14.2 Å². The summed E-state index contributed by atoms with van der Waals surface area (Å²) in [7, 11) is 3.11. The number of carbonyl (C=O) groups is 1. The van der Waals surface area contributed by atoms with E-state index in [1.165, 1.54) is 5.56 Å². The molecule has 0 saturated carbocycles. The Labute approximate surface area is 170 Å². The average molecular weight is 392 g/mol. The molecule has 1 amide bonds. The lowest BCUT2D eigenvalue weighted by Gasteiger charge is -2.11. The quantitative estimate of drug-likeness (QED) is 0.633. The number of carbonyl (C=O) groups excluding carboxylic acids is 1. The molecule has 0 aliphatic carbocycles. The number of methoxy groups -OCH3 is 2. The van der Waals surface area contributed by atoms with E-state index in [1.54, 1.807) is 38.5 Å². The van der Waals surface area contributed by atoms with Crippen molar-refractivity contribution in [2.75, 3.05) is 24.9 Å². The standard InChI is InChI=1S/C22H24N4O3/c1-14-5-7-16(8-6-14)13-23-22-24-15(2)11-18(26-22)21(27)25-17-9-10-19(28-3)20(12-17)29-4/h5-12H,13H2,1-4H3,(H,25,27)(H,23,24,26). The van der Waals surface area contributed by atoms with Crippen LogP contribution < -0.4 is 20.1 Å². The molecule has 7 heteroatoms. The second-order valence-electron chi connectivity index (χ2n) is 6.58. The van der Waals surface area contributed by atoms with Crippen molar-refractivity contribution in [1.29, 1.82) is 0 Å². The zero-order valence-corrected chi connectivity index (χ0v) is 16.9. The van der Waals surface area contributed by atoms with Crippen LogP contribution >= 0.6 is 0 Å². The van der Waals surface area contributed by atoms with E-state index in [1.807, 2.05) is 26.0 Å². The molecule has 0 aliphatic rings. The highest BCUT2D eigenvalue weighted by Gasteiger charge is 2.13. The number of hydrogen-bond donors (Lipinski definition) is 2. The average Bonchev–Trinajstić information content (AvgIpc) is 2.72. The molecule has 29 heavy (non-hydrogen) atoms. The van der Waals surface area contributed by atoms with Crippen LogP contribution in [0.2, 0.25) is 0 Å². The predicted molar refractivity (Wildman–Crippen MR) is 113 cm³/mol. The summed E-state index contributed by atoms with van der Waals surface area (Å²) in [5.74, 6) is 1.19. The maximum atomic E-state index is 12.7. The van der Waals surface area contributed by atoms with Crippen molar-refractivity contribution in [3.05, 3.63) is 71.0 Å². The topological polar surface area (TPSA) is 85.4 Å². The lowest BCUT2D eigenvalue weighted by atomic mass is 10.1. The van der Waals surface area contributed by atoms with Gasteiger partial charge in [0.25, 0.3) is 5.91 Å². The largest absolute Gasteiger partial charge is 0.493 e. The molecule has 0 spiro atoms. The van der Waals surface area contributed by atoms with E-state index < -0.39 is 0 Å². The molecular formula is C22H24N4O3. The van der Waals surface area contributed by atoms with Crippen LogP contribution in [0, 0.1) is 13.8 Å². The first-order valence-electron chi connectivity index (χ1n) is 9.17. The van der Waals surface area contributed by atoms with Crippen LogP contribution in [0.4, 0.5) is 11.6 Å². The number of aryl methyl sites for hydroxylation is 2. The van der Waals surface area contributed by atoms with Crippen molar-refractivity contribution in [3.8, 4) is 11.5 Å². The van der Waals surface area contributed by atoms with E-state index in [2.05, 4.69) is 32.7 Å². The van der Waals surface area contributed by atoms with Crippen LogP contribution in [0.5, 0.6) is 11.5 Å². The smallest absolute Gasteiger partial charge is 0.274 e. The Kier molecular flexibility index (Phi) is 6.29. The third kappa shape index (κ3) is 5.22. The Morgan fingerprint density at radius 2 is 1.66 bits per heavy atom. The number of hydrogen-bond acceptors (Lipinski definition) is 6. The molecule has 0 fully saturated rings. The van der Waals surface area contributed by atoms with E-state index in [-0.39, 0.29) is 11.6 Å². The zero-order chi connectivity index (χ0) is 20.8. The molecule has 0 bridgehead atoms. The highest BCUT2D eigenvalue weighted by Crippen LogP contribution is 2.29. The van der Waals surface area contributed by atoms with Crippen molar-refractivity contribution < 1.29 is 14.3 Å². The van der Waals surface area contributed by atoms with Gasteiger partial charge in [-0.2, -0.15) is 0 Å². The van der Waals surface area contributed by atoms with Gasteiger partial charge in [0.15, 0.2) is 11.5 Å². The molecule has 0 atom stereocenters. The maximum Gasteiger partial charge on any atom is 0.274 e. The van der Waals surface area contributed by atoms with Crippen molar-refractivity contribution in [1.82, 2.24) is 9.97 Å². The molecule has 0 saturated heterocycles. The van der Waals surface area contributed by atoms with E-state index >= 15 is 0 Å². The number of anilines is 2. The van der Waals surface area contributed by atoms with Gasteiger partial charge in [-0.05, 0) is 37.6 Å². The highest BCUT2D eigenvalue weighted by molar-refractivity contribution is 6.03. The first-order valence-corrected chi connectivity index (χ1v) is 9.17. The van der Waals surface area contributed by atoms with Gasteiger partial charge in [0.1, 0.15) is 5.69 Å². The molecular weight excluding hydrogens is 368 g/mol. The summed E-state index contributed by atoms with van der Waals surface area (Å²) in [5.41, 5.74) is 3.87. The van der Waals surface area contributed by atoms with Crippen LogP contribution in [-0.4, -0.2) is 30.1 Å². The fourth-order valence-electron chi connectivity index (χ4n) is 2.76. The van der Waals surface area contributed by atoms with Crippen molar-refractivity contribution in [3.63, 3.8) is 0 Å². The second kappa shape index (κ2) is 9.05. The molecule has 3 rings (SSSR count). The molecule has 1 heterocycles. The van der Waals surface area contributed by atoms with Gasteiger partial charge in [-0.25, -0.2) is 9.97 Å². The molecule has 1 aromatic heterocycles. The van der Waals surface area contributed by atoms with Crippen LogP contribution in [0.1, 0.15) is 27.3 Å². The Hall–Kier alpha value is -3.61. The summed E-state index contributed by atoms with van der Waals surface area (Å²) >= 11 is 0. The summed E-state index contributed by atoms with van der Waals surface area (Å²) in [6, 6.07) is 15.0. The minimum Gasteiger partial charge on any atom is -0.493 e. The van der Waals surface area contributed by atoms with Gasteiger partial charge in [0.2, 0.25) is 5.95 Å². The molecule has 0 aliphatic heterocycles. The summed E-state index contributed by atoms with van der Waals surface area (Å²) < 4.78 is 10.5. The summed E-state index contributed by atoms with van der Waals surface area (Å²) in [6.07, 6.45) is 0. The van der Waals surface area contributed by atoms with Crippen molar-refractivity contribution in [2.24, 2.45) is 0 Å². The third-order valence-corrected chi connectivity index (χ3v) is 4.30. The number of nitrogens with one attached hydrogen (secondary N) is 2. The van der Waals surface area contributed by atoms with Crippen LogP contribution in [0.25, 0.3) is 0 Å². The number of benzene rings is 2. The number of nitrogens with zero attached hydrogens (tertiary/aromatic N) is 2. The zero-order valence-electron chi connectivity index (χ0n) is 16.9. The van der Waals surface area contributed by atoms with Crippen LogP contribution in [0.3, 0.4) is 0 Å². The summed E-state index contributed by atoms with van der Waals surface area (Å²) in [4.78, 5) is 21.4. The minimum atomic E-state index is -0.332. The second-order valence-corrected chi connectivity index (χ2v) is 6.58. The van der Waals surface area contributed by atoms with E-state index in [4.69, 9.17) is 9.47 Å². The van der Waals surface area contributed by atoms with Gasteiger partial charge in [-0.15, -0.1) is 0 Å². The van der Waals surface area contributed by atoms with E-state index in [0.717, 1.165) is 5.56 Å². The summed E-state index contributed by atoms with van der Waals surface area (Å²) in [5, 5.41) is 6.00. The van der Waals surface area contributed by atoms with Gasteiger partial charge >= 0.3 is 0 Å². The van der Waals surface area contributed by atoms with Gasteiger partial charge < -0.3 is 20.1 Å². The van der Waals surface area contributed by atoms with Crippen LogP contribution in [-0.2, 0) is 6.54 Å². The lowest BCUT2D eigenvalue weighted by Crippen LogP contribution is -2.16. The first-order chi connectivity index (χ1) is 14.0. The minimum absolute atomic E-state index is 0.277. The van der Waals surface area contributed by atoms with Crippen molar-refractivity contribution in [2.45, 2.75) is 20.4 Å². The molecule has 0 radical (unpaired) electrons. The predicted octanol–water partition coefficient (Wildman–Crippen LogP) is 3.98. The lowest BCUT2D eigenvalue weighted by molar-refractivity contribution is 0.102. The molecule has 2 aromatic carbocycles. The Morgan fingerprint density at radius 1 is 0.931 bits per heavy atom. The fourth-order valence-corrected chi connectivity index (χ4v) is 2.76. The SMILES string of the molecule is COc1ccc(NC(=O)c2cc(C)nc(NCc3ccc(C)cc3)n2)cc1OC. The molecule has 0 unspecified atom stereocenters. The monoisotopic (exact) mass is 392 g/mol. The Bertz CT molecular complexity index is 1000. The van der Waals surface area contributed by atoms with Crippen molar-refractivity contribution >= 4 is 17.5 Å². The van der Waals surface area contributed by atoms with E-state index in [9.17, 15) is 4.79 Å². The normalized spacial score (nSPS) is 10.3.